The van der Waals surface area contributed by atoms with E-state index >= 15 is 0 Å². The summed E-state index contributed by atoms with van der Waals surface area (Å²) in [7, 11) is 4.56. The highest BCUT2D eigenvalue weighted by atomic mass is 32.1. The maximum atomic E-state index is 12.3. The van der Waals surface area contributed by atoms with Gasteiger partial charge in [-0.2, -0.15) is 0 Å². The van der Waals surface area contributed by atoms with Gasteiger partial charge in [0.05, 0.1) is 21.3 Å². The SMILES string of the molecule is CCNc1nc(C(=O)Nc2cc(OC)c(OC)c(OC)c2)cs1. The second kappa shape index (κ2) is 7.68. The first-order valence-corrected chi connectivity index (χ1v) is 7.81. The van der Waals surface area contributed by atoms with Gasteiger partial charge in [0.25, 0.3) is 5.91 Å². The molecule has 8 heteroatoms. The number of hydrogen-bond donors (Lipinski definition) is 2. The van der Waals surface area contributed by atoms with Crippen LogP contribution in [0.15, 0.2) is 17.5 Å². The summed E-state index contributed by atoms with van der Waals surface area (Å²) in [4.78, 5) is 16.5. The molecule has 0 bridgehead atoms. The molecule has 2 N–H and O–H groups in total. The van der Waals surface area contributed by atoms with E-state index in [9.17, 15) is 4.79 Å². The Bertz CT molecular complexity index is 662. The van der Waals surface area contributed by atoms with Crippen LogP contribution in [-0.2, 0) is 0 Å². The number of nitrogens with one attached hydrogen (secondary N) is 2. The van der Waals surface area contributed by atoms with E-state index in [0.717, 1.165) is 6.54 Å². The third kappa shape index (κ3) is 3.84. The molecule has 0 radical (unpaired) electrons. The number of nitrogens with zero attached hydrogens (tertiary/aromatic N) is 1. The first-order chi connectivity index (χ1) is 11.1. The number of anilines is 2. The van der Waals surface area contributed by atoms with Crippen LogP contribution in [0.2, 0.25) is 0 Å². The maximum Gasteiger partial charge on any atom is 0.275 e. The second-order valence-electron chi connectivity index (χ2n) is 4.44. The molecule has 0 unspecified atom stereocenters. The predicted molar refractivity (Wildman–Crippen MR) is 90.3 cm³/mol. The molecule has 0 saturated carbocycles. The van der Waals surface area contributed by atoms with Gasteiger partial charge in [-0.1, -0.05) is 0 Å². The molecule has 1 heterocycles. The van der Waals surface area contributed by atoms with Gasteiger partial charge in [0.15, 0.2) is 16.6 Å². The smallest absolute Gasteiger partial charge is 0.275 e. The van der Waals surface area contributed by atoms with E-state index in [1.54, 1.807) is 17.5 Å². The topological polar surface area (TPSA) is 81.7 Å². The van der Waals surface area contributed by atoms with E-state index in [0.29, 0.717) is 33.8 Å². The molecular formula is C15H19N3O4S. The monoisotopic (exact) mass is 337 g/mol. The van der Waals surface area contributed by atoms with Crippen LogP contribution >= 0.6 is 11.3 Å². The summed E-state index contributed by atoms with van der Waals surface area (Å²) in [5, 5.41) is 8.26. The van der Waals surface area contributed by atoms with Crippen molar-refractivity contribution in [2.45, 2.75) is 6.92 Å². The first-order valence-electron chi connectivity index (χ1n) is 6.93. The molecule has 0 aliphatic heterocycles. The summed E-state index contributed by atoms with van der Waals surface area (Å²) in [6.07, 6.45) is 0. The summed E-state index contributed by atoms with van der Waals surface area (Å²) in [6, 6.07) is 3.33. The van der Waals surface area contributed by atoms with Crippen LogP contribution in [-0.4, -0.2) is 38.8 Å². The minimum Gasteiger partial charge on any atom is -0.493 e. The molecule has 0 atom stereocenters. The Hall–Kier alpha value is -2.48. The Morgan fingerprint density at radius 2 is 1.83 bits per heavy atom. The zero-order valence-corrected chi connectivity index (χ0v) is 14.2. The predicted octanol–water partition coefficient (Wildman–Crippen LogP) is 2.85. The van der Waals surface area contributed by atoms with Crippen LogP contribution in [0.25, 0.3) is 0 Å². The van der Waals surface area contributed by atoms with Gasteiger partial charge in [0.2, 0.25) is 5.75 Å². The molecule has 7 nitrogen and oxygen atoms in total. The van der Waals surface area contributed by atoms with Crippen LogP contribution in [0.4, 0.5) is 10.8 Å². The number of methoxy groups -OCH3 is 3. The van der Waals surface area contributed by atoms with E-state index in [4.69, 9.17) is 14.2 Å². The van der Waals surface area contributed by atoms with Gasteiger partial charge in [0.1, 0.15) is 5.69 Å². The van der Waals surface area contributed by atoms with Crippen molar-refractivity contribution in [1.82, 2.24) is 4.98 Å². The molecule has 0 aliphatic carbocycles. The lowest BCUT2D eigenvalue weighted by Gasteiger charge is -2.14. The standard InChI is InChI=1S/C15H19N3O4S/c1-5-16-15-18-10(8-23-15)14(19)17-9-6-11(20-2)13(22-4)12(7-9)21-3/h6-8H,5H2,1-4H3,(H,16,18)(H,17,19). The van der Waals surface area contributed by atoms with Crippen molar-refractivity contribution in [2.75, 3.05) is 38.5 Å². The number of ether oxygens (including phenoxy) is 3. The lowest BCUT2D eigenvalue weighted by Crippen LogP contribution is -2.13. The lowest BCUT2D eigenvalue weighted by atomic mass is 10.2. The molecule has 2 rings (SSSR count). The number of amides is 1. The minimum atomic E-state index is -0.306. The third-order valence-corrected chi connectivity index (χ3v) is 3.79. The minimum absolute atomic E-state index is 0.306. The Balaban J connectivity index is 2.22. The molecule has 2 aromatic rings. The van der Waals surface area contributed by atoms with Gasteiger partial charge < -0.3 is 24.8 Å². The van der Waals surface area contributed by atoms with Crippen LogP contribution in [0, 0.1) is 0 Å². The van der Waals surface area contributed by atoms with Crippen LogP contribution in [0.1, 0.15) is 17.4 Å². The Labute approximate surface area is 138 Å². The number of hydrogen-bond acceptors (Lipinski definition) is 7. The highest BCUT2D eigenvalue weighted by molar-refractivity contribution is 7.13. The van der Waals surface area contributed by atoms with E-state index in [1.165, 1.54) is 32.7 Å². The maximum absolute atomic E-state index is 12.3. The Morgan fingerprint density at radius 1 is 1.17 bits per heavy atom. The molecule has 1 aromatic carbocycles. The number of benzene rings is 1. The summed E-state index contributed by atoms with van der Waals surface area (Å²) in [5.41, 5.74) is 0.877. The van der Waals surface area contributed by atoms with Crippen molar-refractivity contribution in [2.24, 2.45) is 0 Å². The fourth-order valence-electron chi connectivity index (χ4n) is 1.96. The summed E-state index contributed by atoms with van der Waals surface area (Å²) in [5.74, 6) is 1.10. The number of thiazole rings is 1. The average Bonchev–Trinajstić information content (AvgIpc) is 3.03. The molecule has 0 aliphatic rings. The van der Waals surface area contributed by atoms with E-state index in [2.05, 4.69) is 15.6 Å². The van der Waals surface area contributed by atoms with Crippen molar-refractivity contribution in [3.8, 4) is 17.2 Å². The van der Waals surface area contributed by atoms with Crippen LogP contribution in [0.3, 0.4) is 0 Å². The molecule has 1 aromatic heterocycles. The van der Waals surface area contributed by atoms with Crippen LogP contribution < -0.4 is 24.8 Å². The summed E-state index contributed by atoms with van der Waals surface area (Å²) >= 11 is 1.38. The third-order valence-electron chi connectivity index (χ3n) is 2.99. The Morgan fingerprint density at radius 3 is 2.35 bits per heavy atom. The second-order valence-corrected chi connectivity index (χ2v) is 5.29. The molecule has 23 heavy (non-hydrogen) atoms. The van der Waals surface area contributed by atoms with E-state index in [-0.39, 0.29) is 5.91 Å². The van der Waals surface area contributed by atoms with Crippen molar-refractivity contribution in [3.63, 3.8) is 0 Å². The van der Waals surface area contributed by atoms with Crippen LogP contribution in [0.5, 0.6) is 17.2 Å². The van der Waals surface area contributed by atoms with Crippen molar-refractivity contribution in [1.29, 1.82) is 0 Å². The number of carbonyl (C=O) groups excluding carboxylic acids is 1. The van der Waals surface area contributed by atoms with Crippen molar-refractivity contribution >= 4 is 28.1 Å². The molecular weight excluding hydrogens is 318 g/mol. The number of carbonyl (C=O) groups is 1. The highest BCUT2D eigenvalue weighted by Gasteiger charge is 2.16. The number of rotatable bonds is 7. The summed E-state index contributed by atoms with van der Waals surface area (Å²) < 4.78 is 15.8. The van der Waals surface area contributed by atoms with Gasteiger partial charge in [-0.3, -0.25) is 4.79 Å². The Kier molecular flexibility index (Phi) is 5.64. The van der Waals surface area contributed by atoms with Gasteiger partial charge in [0, 0.05) is 29.7 Å². The van der Waals surface area contributed by atoms with Gasteiger partial charge in [-0.05, 0) is 6.92 Å². The largest absolute Gasteiger partial charge is 0.493 e. The van der Waals surface area contributed by atoms with Gasteiger partial charge >= 0.3 is 0 Å². The van der Waals surface area contributed by atoms with Gasteiger partial charge in [-0.15, -0.1) is 11.3 Å². The fraction of sp³-hybridized carbons (Fsp3) is 0.333. The van der Waals surface area contributed by atoms with Crippen molar-refractivity contribution < 1.29 is 19.0 Å². The lowest BCUT2D eigenvalue weighted by molar-refractivity contribution is 0.102. The molecule has 1 amide bonds. The first kappa shape index (κ1) is 16.9. The quantitative estimate of drug-likeness (QED) is 0.808. The molecule has 0 saturated heterocycles. The number of aromatic nitrogens is 1. The van der Waals surface area contributed by atoms with E-state index in [1.807, 2.05) is 6.92 Å². The molecule has 0 spiro atoms. The summed E-state index contributed by atoms with van der Waals surface area (Å²) in [6.45, 7) is 2.72. The zero-order valence-electron chi connectivity index (χ0n) is 13.4. The molecule has 0 fully saturated rings. The normalized spacial score (nSPS) is 10.1. The zero-order chi connectivity index (χ0) is 16.8. The average molecular weight is 337 g/mol. The van der Waals surface area contributed by atoms with Gasteiger partial charge in [-0.25, -0.2) is 4.98 Å². The molecule has 124 valence electrons. The van der Waals surface area contributed by atoms with Crippen molar-refractivity contribution in [3.05, 3.63) is 23.2 Å². The fourth-order valence-corrected chi connectivity index (χ4v) is 2.72. The van der Waals surface area contributed by atoms with E-state index < -0.39 is 0 Å². The highest BCUT2D eigenvalue weighted by Crippen LogP contribution is 2.40.